The summed E-state index contributed by atoms with van der Waals surface area (Å²) in [6.45, 7) is 0.695. The molecule has 2 heterocycles. The van der Waals surface area contributed by atoms with Crippen LogP contribution in [0.3, 0.4) is 0 Å². The first-order valence-electron chi connectivity index (χ1n) is 6.52. The number of fused-ring (bicyclic) bond motifs is 1. The molecule has 19 heavy (non-hydrogen) atoms. The molecule has 0 N–H and O–H groups in total. The molecule has 1 aliphatic heterocycles. The van der Waals surface area contributed by atoms with E-state index in [-0.39, 0.29) is 5.78 Å². The number of carbonyl (C=O) groups excluding carboxylic acids is 1. The van der Waals surface area contributed by atoms with E-state index in [0.717, 1.165) is 29.8 Å². The van der Waals surface area contributed by atoms with Gasteiger partial charge in [0, 0.05) is 11.9 Å². The molecular formula is C16H15NO2. The van der Waals surface area contributed by atoms with Crippen LogP contribution >= 0.6 is 0 Å². The Kier molecular flexibility index (Phi) is 3.27. The SMILES string of the molecule is O=C(Cc1ccccn1)c1cccc2c1OCCC2. The van der Waals surface area contributed by atoms with E-state index in [2.05, 4.69) is 4.98 Å². The Morgan fingerprint density at radius 2 is 2.16 bits per heavy atom. The van der Waals surface area contributed by atoms with Crippen LogP contribution in [0.15, 0.2) is 42.6 Å². The first kappa shape index (κ1) is 11.9. The highest BCUT2D eigenvalue weighted by Crippen LogP contribution is 2.29. The lowest BCUT2D eigenvalue weighted by Gasteiger charge is -2.19. The normalized spacial score (nSPS) is 13.5. The molecule has 0 radical (unpaired) electrons. The summed E-state index contributed by atoms with van der Waals surface area (Å²) in [6.07, 6.45) is 4.03. The number of para-hydroxylation sites is 1. The van der Waals surface area contributed by atoms with Crippen molar-refractivity contribution in [3.63, 3.8) is 0 Å². The van der Waals surface area contributed by atoms with Gasteiger partial charge >= 0.3 is 0 Å². The number of pyridine rings is 1. The van der Waals surface area contributed by atoms with Crippen molar-refractivity contribution in [2.75, 3.05) is 6.61 Å². The summed E-state index contributed by atoms with van der Waals surface area (Å²) in [7, 11) is 0. The van der Waals surface area contributed by atoms with Crippen LogP contribution in [-0.2, 0) is 12.8 Å². The van der Waals surface area contributed by atoms with Gasteiger partial charge in [-0.05, 0) is 36.6 Å². The van der Waals surface area contributed by atoms with Crippen molar-refractivity contribution >= 4 is 5.78 Å². The summed E-state index contributed by atoms with van der Waals surface area (Å²) in [5, 5.41) is 0. The molecule has 2 aromatic rings. The number of hydrogen-bond acceptors (Lipinski definition) is 3. The minimum atomic E-state index is 0.0671. The van der Waals surface area contributed by atoms with Crippen LogP contribution in [0.5, 0.6) is 5.75 Å². The monoisotopic (exact) mass is 253 g/mol. The Morgan fingerprint density at radius 3 is 3.00 bits per heavy atom. The number of aromatic nitrogens is 1. The third kappa shape index (κ3) is 2.50. The number of aryl methyl sites for hydroxylation is 1. The lowest BCUT2D eigenvalue weighted by Crippen LogP contribution is -2.14. The molecule has 0 bridgehead atoms. The van der Waals surface area contributed by atoms with Gasteiger partial charge in [-0.2, -0.15) is 0 Å². The Labute approximate surface area is 112 Å². The number of benzene rings is 1. The van der Waals surface area contributed by atoms with E-state index in [1.807, 2.05) is 36.4 Å². The van der Waals surface area contributed by atoms with E-state index in [1.165, 1.54) is 0 Å². The maximum absolute atomic E-state index is 12.4. The molecule has 1 aromatic heterocycles. The molecule has 0 atom stereocenters. The van der Waals surface area contributed by atoms with Gasteiger partial charge in [0.2, 0.25) is 0 Å². The fourth-order valence-electron chi connectivity index (χ4n) is 2.37. The van der Waals surface area contributed by atoms with E-state index in [4.69, 9.17) is 4.74 Å². The summed E-state index contributed by atoms with van der Waals surface area (Å²) in [5.74, 6) is 0.840. The summed E-state index contributed by atoms with van der Waals surface area (Å²) in [5.41, 5.74) is 2.61. The van der Waals surface area contributed by atoms with Crippen molar-refractivity contribution < 1.29 is 9.53 Å². The van der Waals surface area contributed by atoms with Gasteiger partial charge < -0.3 is 4.74 Å². The molecular weight excluding hydrogens is 238 g/mol. The van der Waals surface area contributed by atoms with E-state index in [9.17, 15) is 4.79 Å². The zero-order valence-corrected chi connectivity index (χ0v) is 10.6. The maximum Gasteiger partial charge on any atom is 0.172 e. The Morgan fingerprint density at radius 1 is 1.21 bits per heavy atom. The molecule has 0 unspecified atom stereocenters. The summed E-state index contributed by atoms with van der Waals surface area (Å²) >= 11 is 0. The highest BCUT2D eigenvalue weighted by Gasteiger charge is 2.19. The van der Waals surface area contributed by atoms with Crippen LogP contribution in [0.2, 0.25) is 0 Å². The van der Waals surface area contributed by atoms with Gasteiger partial charge in [-0.1, -0.05) is 18.2 Å². The fourth-order valence-corrected chi connectivity index (χ4v) is 2.37. The van der Waals surface area contributed by atoms with Crippen LogP contribution in [0, 0.1) is 0 Å². The summed E-state index contributed by atoms with van der Waals surface area (Å²) in [6, 6.07) is 11.4. The van der Waals surface area contributed by atoms with E-state index in [1.54, 1.807) is 6.20 Å². The lowest BCUT2D eigenvalue weighted by molar-refractivity contribution is 0.0987. The average molecular weight is 253 g/mol. The molecule has 0 aliphatic carbocycles. The minimum absolute atomic E-state index is 0.0671. The summed E-state index contributed by atoms with van der Waals surface area (Å²) in [4.78, 5) is 16.6. The van der Waals surface area contributed by atoms with Crippen molar-refractivity contribution in [1.82, 2.24) is 4.98 Å². The van der Waals surface area contributed by atoms with Crippen LogP contribution in [-0.4, -0.2) is 17.4 Å². The molecule has 0 saturated heterocycles. The number of ketones is 1. The molecule has 0 spiro atoms. The van der Waals surface area contributed by atoms with E-state index >= 15 is 0 Å². The third-order valence-electron chi connectivity index (χ3n) is 3.30. The third-order valence-corrected chi connectivity index (χ3v) is 3.30. The zero-order valence-electron chi connectivity index (χ0n) is 10.6. The van der Waals surface area contributed by atoms with Crippen LogP contribution < -0.4 is 4.74 Å². The smallest absolute Gasteiger partial charge is 0.172 e. The Hall–Kier alpha value is -2.16. The quantitative estimate of drug-likeness (QED) is 0.790. The number of rotatable bonds is 3. The molecule has 0 saturated carbocycles. The standard InChI is InChI=1S/C16H15NO2/c18-15(11-13-7-1-2-9-17-13)14-8-3-5-12-6-4-10-19-16(12)14/h1-3,5,7-9H,4,6,10-11H2. The second-order valence-electron chi connectivity index (χ2n) is 4.67. The van der Waals surface area contributed by atoms with Crippen molar-refractivity contribution in [1.29, 1.82) is 0 Å². The lowest BCUT2D eigenvalue weighted by atomic mass is 9.98. The highest BCUT2D eigenvalue weighted by molar-refractivity contribution is 6.00. The van der Waals surface area contributed by atoms with E-state index in [0.29, 0.717) is 18.6 Å². The first-order valence-corrected chi connectivity index (χ1v) is 6.52. The van der Waals surface area contributed by atoms with E-state index < -0.39 is 0 Å². The van der Waals surface area contributed by atoms with Gasteiger partial charge in [0.25, 0.3) is 0 Å². The van der Waals surface area contributed by atoms with Gasteiger partial charge in [-0.25, -0.2) is 0 Å². The molecule has 0 fully saturated rings. The number of hydrogen-bond donors (Lipinski definition) is 0. The number of Topliss-reactive ketones (excluding diaryl/α,β-unsaturated/α-hetero) is 1. The van der Waals surface area contributed by atoms with Gasteiger partial charge in [0.15, 0.2) is 5.78 Å². The molecule has 3 nitrogen and oxygen atoms in total. The molecule has 1 aliphatic rings. The van der Waals surface area contributed by atoms with Gasteiger partial charge in [0.1, 0.15) is 5.75 Å². The molecule has 3 rings (SSSR count). The van der Waals surface area contributed by atoms with Crippen LogP contribution in [0.25, 0.3) is 0 Å². The number of carbonyl (C=O) groups is 1. The summed E-state index contributed by atoms with van der Waals surface area (Å²) < 4.78 is 5.67. The molecule has 96 valence electrons. The predicted molar refractivity (Wildman–Crippen MR) is 72.5 cm³/mol. The largest absolute Gasteiger partial charge is 0.493 e. The van der Waals surface area contributed by atoms with Gasteiger partial charge in [-0.15, -0.1) is 0 Å². The van der Waals surface area contributed by atoms with Crippen molar-refractivity contribution in [3.8, 4) is 5.75 Å². The molecule has 0 amide bonds. The van der Waals surface area contributed by atoms with Gasteiger partial charge in [-0.3, -0.25) is 9.78 Å². The zero-order chi connectivity index (χ0) is 13.1. The first-order chi connectivity index (χ1) is 9.34. The Bertz CT molecular complexity index is 593. The second kappa shape index (κ2) is 5.22. The molecule has 1 aromatic carbocycles. The van der Waals surface area contributed by atoms with Crippen molar-refractivity contribution in [2.45, 2.75) is 19.3 Å². The Balaban J connectivity index is 1.88. The fraction of sp³-hybridized carbons (Fsp3) is 0.250. The van der Waals surface area contributed by atoms with Crippen molar-refractivity contribution in [2.24, 2.45) is 0 Å². The van der Waals surface area contributed by atoms with Crippen LogP contribution in [0.1, 0.15) is 28.0 Å². The van der Waals surface area contributed by atoms with Crippen molar-refractivity contribution in [3.05, 3.63) is 59.4 Å². The second-order valence-corrected chi connectivity index (χ2v) is 4.67. The number of ether oxygens (including phenoxy) is 1. The highest BCUT2D eigenvalue weighted by atomic mass is 16.5. The minimum Gasteiger partial charge on any atom is -0.493 e. The maximum atomic E-state index is 12.4. The topological polar surface area (TPSA) is 39.2 Å². The molecule has 3 heteroatoms. The van der Waals surface area contributed by atoms with Crippen LogP contribution in [0.4, 0.5) is 0 Å². The average Bonchev–Trinajstić information content (AvgIpc) is 2.47. The van der Waals surface area contributed by atoms with Gasteiger partial charge in [0.05, 0.1) is 18.6 Å². The number of nitrogens with zero attached hydrogens (tertiary/aromatic N) is 1. The predicted octanol–water partition coefficient (Wildman–Crippen LogP) is 2.83.